The first-order chi connectivity index (χ1) is 7.63. The van der Waals surface area contributed by atoms with Gasteiger partial charge in [0.2, 0.25) is 0 Å². The molecular weight excluding hydrogens is 216 g/mol. The highest BCUT2D eigenvalue weighted by molar-refractivity contribution is 7.11. The number of anilines is 2. The Morgan fingerprint density at radius 1 is 1.19 bits per heavy atom. The van der Waals surface area contributed by atoms with Crippen LogP contribution < -0.4 is 11.1 Å². The first-order valence-corrected chi connectivity index (χ1v) is 6.11. The highest BCUT2D eigenvalue weighted by Gasteiger charge is 1.98. The van der Waals surface area contributed by atoms with Gasteiger partial charge < -0.3 is 11.1 Å². The quantitative estimate of drug-likeness (QED) is 0.794. The van der Waals surface area contributed by atoms with E-state index in [-0.39, 0.29) is 0 Å². The summed E-state index contributed by atoms with van der Waals surface area (Å²) in [7, 11) is 0. The Morgan fingerprint density at radius 2 is 2.00 bits per heavy atom. The Hall–Kier alpha value is -1.48. The van der Waals surface area contributed by atoms with E-state index in [9.17, 15) is 0 Å². The SMILES string of the molecule is Cc1cc(N)cc(NCc2ccc(C)s2)c1. The molecule has 0 saturated heterocycles. The molecular formula is C13H16N2S. The lowest BCUT2D eigenvalue weighted by Crippen LogP contribution is -1.98. The van der Waals surface area contributed by atoms with Gasteiger partial charge in [0, 0.05) is 27.7 Å². The molecule has 2 aromatic rings. The summed E-state index contributed by atoms with van der Waals surface area (Å²) in [6.07, 6.45) is 0. The van der Waals surface area contributed by atoms with Crippen LogP contribution in [0.25, 0.3) is 0 Å². The van der Waals surface area contributed by atoms with E-state index in [0.717, 1.165) is 17.9 Å². The number of benzene rings is 1. The Morgan fingerprint density at radius 3 is 2.62 bits per heavy atom. The second kappa shape index (κ2) is 4.58. The number of nitrogen functional groups attached to an aromatic ring is 1. The number of thiophene rings is 1. The third-order valence-electron chi connectivity index (χ3n) is 2.36. The fourth-order valence-electron chi connectivity index (χ4n) is 1.68. The zero-order valence-corrected chi connectivity index (χ0v) is 10.4. The monoisotopic (exact) mass is 232 g/mol. The van der Waals surface area contributed by atoms with Crippen molar-refractivity contribution in [1.82, 2.24) is 0 Å². The van der Waals surface area contributed by atoms with E-state index in [1.165, 1.54) is 15.3 Å². The topological polar surface area (TPSA) is 38.0 Å². The summed E-state index contributed by atoms with van der Waals surface area (Å²) in [6.45, 7) is 5.04. The summed E-state index contributed by atoms with van der Waals surface area (Å²) in [5.74, 6) is 0. The fraction of sp³-hybridized carbons (Fsp3) is 0.231. The van der Waals surface area contributed by atoms with Gasteiger partial charge in [0.1, 0.15) is 0 Å². The first kappa shape index (κ1) is 11.0. The number of hydrogen-bond donors (Lipinski definition) is 2. The number of nitrogens with two attached hydrogens (primary N) is 1. The van der Waals surface area contributed by atoms with Crippen LogP contribution in [0.2, 0.25) is 0 Å². The van der Waals surface area contributed by atoms with E-state index in [1.54, 1.807) is 0 Å². The van der Waals surface area contributed by atoms with Crippen LogP contribution >= 0.6 is 11.3 Å². The van der Waals surface area contributed by atoms with Gasteiger partial charge >= 0.3 is 0 Å². The van der Waals surface area contributed by atoms with Gasteiger partial charge in [-0.15, -0.1) is 11.3 Å². The summed E-state index contributed by atoms with van der Waals surface area (Å²) in [6, 6.07) is 10.4. The molecule has 0 aliphatic carbocycles. The van der Waals surface area contributed by atoms with Crippen molar-refractivity contribution in [2.45, 2.75) is 20.4 Å². The van der Waals surface area contributed by atoms with Crippen molar-refractivity contribution in [3.05, 3.63) is 45.6 Å². The second-order valence-electron chi connectivity index (χ2n) is 4.00. The van der Waals surface area contributed by atoms with Crippen molar-refractivity contribution < 1.29 is 0 Å². The summed E-state index contributed by atoms with van der Waals surface area (Å²) in [5, 5.41) is 3.39. The van der Waals surface area contributed by atoms with Crippen LogP contribution in [0, 0.1) is 13.8 Å². The molecule has 0 bridgehead atoms. The number of rotatable bonds is 3. The average molecular weight is 232 g/mol. The van der Waals surface area contributed by atoms with Crippen LogP contribution in [0.4, 0.5) is 11.4 Å². The zero-order chi connectivity index (χ0) is 11.5. The van der Waals surface area contributed by atoms with E-state index in [4.69, 9.17) is 5.73 Å². The molecule has 0 atom stereocenters. The van der Waals surface area contributed by atoms with E-state index in [2.05, 4.69) is 37.4 Å². The minimum Gasteiger partial charge on any atom is -0.399 e. The van der Waals surface area contributed by atoms with Gasteiger partial charge in [-0.3, -0.25) is 0 Å². The standard InChI is InChI=1S/C13H16N2S/c1-9-5-11(14)7-12(6-9)15-8-13-4-3-10(2)16-13/h3-7,15H,8,14H2,1-2H3. The van der Waals surface area contributed by atoms with Crippen molar-refractivity contribution >= 4 is 22.7 Å². The van der Waals surface area contributed by atoms with Gasteiger partial charge in [-0.2, -0.15) is 0 Å². The maximum Gasteiger partial charge on any atom is 0.0494 e. The van der Waals surface area contributed by atoms with Gasteiger partial charge in [-0.05, 0) is 49.7 Å². The molecule has 0 saturated carbocycles. The van der Waals surface area contributed by atoms with Crippen molar-refractivity contribution in [2.75, 3.05) is 11.1 Å². The molecule has 0 unspecified atom stereocenters. The molecule has 84 valence electrons. The maximum absolute atomic E-state index is 5.80. The van der Waals surface area contributed by atoms with E-state index < -0.39 is 0 Å². The van der Waals surface area contributed by atoms with Gasteiger partial charge in [-0.25, -0.2) is 0 Å². The van der Waals surface area contributed by atoms with E-state index in [0.29, 0.717) is 0 Å². The summed E-state index contributed by atoms with van der Waals surface area (Å²) in [4.78, 5) is 2.69. The van der Waals surface area contributed by atoms with Gasteiger partial charge in [-0.1, -0.05) is 0 Å². The number of nitrogens with one attached hydrogen (secondary N) is 1. The smallest absolute Gasteiger partial charge is 0.0494 e. The third kappa shape index (κ3) is 2.76. The Balaban J connectivity index is 2.04. The van der Waals surface area contributed by atoms with Crippen LogP contribution in [-0.4, -0.2) is 0 Å². The molecule has 0 fully saturated rings. The molecule has 3 N–H and O–H groups in total. The van der Waals surface area contributed by atoms with Crippen molar-refractivity contribution in [1.29, 1.82) is 0 Å². The molecule has 0 radical (unpaired) electrons. The minimum atomic E-state index is 0.810. The molecule has 2 nitrogen and oxygen atoms in total. The lowest BCUT2D eigenvalue weighted by atomic mass is 10.2. The minimum absolute atomic E-state index is 0.810. The fourth-order valence-corrected chi connectivity index (χ4v) is 2.51. The molecule has 16 heavy (non-hydrogen) atoms. The predicted molar refractivity (Wildman–Crippen MR) is 72.0 cm³/mol. The molecule has 1 aromatic carbocycles. The van der Waals surface area contributed by atoms with Crippen LogP contribution in [0.15, 0.2) is 30.3 Å². The van der Waals surface area contributed by atoms with Crippen molar-refractivity contribution in [3.63, 3.8) is 0 Å². The molecule has 3 heteroatoms. The highest BCUT2D eigenvalue weighted by atomic mass is 32.1. The first-order valence-electron chi connectivity index (χ1n) is 5.30. The largest absolute Gasteiger partial charge is 0.399 e. The van der Waals surface area contributed by atoms with Gasteiger partial charge in [0.05, 0.1) is 0 Å². The van der Waals surface area contributed by atoms with Crippen LogP contribution in [0.5, 0.6) is 0 Å². The van der Waals surface area contributed by atoms with Crippen LogP contribution in [0.1, 0.15) is 15.3 Å². The van der Waals surface area contributed by atoms with Gasteiger partial charge in [0.15, 0.2) is 0 Å². The molecule has 0 aliphatic heterocycles. The molecule has 1 heterocycles. The van der Waals surface area contributed by atoms with Crippen LogP contribution in [0.3, 0.4) is 0 Å². The average Bonchev–Trinajstić information content (AvgIpc) is 2.60. The Bertz CT molecular complexity index is 468. The normalized spacial score (nSPS) is 10.4. The van der Waals surface area contributed by atoms with Gasteiger partial charge in [0.25, 0.3) is 0 Å². The van der Waals surface area contributed by atoms with E-state index >= 15 is 0 Å². The summed E-state index contributed by atoms with van der Waals surface area (Å²) < 4.78 is 0. The molecule has 0 amide bonds. The molecule has 2 rings (SSSR count). The third-order valence-corrected chi connectivity index (χ3v) is 3.36. The summed E-state index contributed by atoms with van der Waals surface area (Å²) >= 11 is 1.82. The molecule has 0 spiro atoms. The zero-order valence-electron chi connectivity index (χ0n) is 9.58. The Labute approximate surface area is 100 Å². The summed E-state index contributed by atoms with van der Waals surface area (Å²) in [5.41, 5.74) is 8.88. The number of hydrogen-bond acceptors (Lipinski definition) is 3. The van der Waals surface area contributed by atoms with Crippen molar-refractivity contribution in [3.8, 4) is 0 Å². The molecule has 1 aromatic heterocycles. The Kier molecular flexibility index (Phi) is 3.15. The van der Waals surface area contributed by atoms with E-state index in [1.807, 2.05) is 23.5 Å². The van der Waals surface area contributed by atoms with Crippen molar-refractivity contribution in [2.24, 2.45) is 0 Å². The lowest BCUT2D eigenvalue weighted by molar-refractivity contribution is 1.19. The number of aryl methyl sites for hydroxylation is 2. The highest BCUT2D eigenvalue weighted by Crippen LogP contribution is 2.19. The lowest BCUT2D eigenvalue weighted by Gasteiger charge is -2.07. The van der Waals surface area contributed by atoms with Crippen LogP contribution in [-0.2, 0) is 6.54 Å². The second-order valence-corrected chi connectivity index (χ2v) is 5.37. The predicted octanol–water partition coefficient (Wildman–Crippen LogP) is 3.56. The molecule has 0 aliphatic rings. The maximum atomic E-state index is 5.80.